The van der Waals surface area contributed by atoms with Crippen molar-refractivity contribution >= 4 is 11.6 Å². The topological polar surface area (TPSA) is 50.4 Å². The van der Waals surface area contributed by atoms with Gasteiger partial charge in [-0.1, -0.05) is 79.7 Å². The second-order valence-electron chi connectivity index (χ2n) is 6.98. The average Bonchev–Trinajstić information content (AvgIpc) is 2.76. The van der Waals surface area contributed by atoms with Gasteiger partial charge in [0.25, 0.3) is 0 Å². The van der Waals surface area contributed by atoms with E-state index in [4.69, 9.17) is 4.74 Å². The molecule has 0 unspecified atom stereocenters. The average molecular weight is 389 g/mol. The van der Waals surface area contributed by atoms with Crippen molar-refractivity contribution < 1.29 is 9.53 Å². The molecule has 0 saturated carbocycles. The normalized spacial score (nSPS) is 12.8. The van der Waals surface area contributed by atoms with E-state index in [0.29, 0.717) is 24.6 Å². The van der Waals surface area contributed by atoms with E-state index in [1.807, 2.05) is 79.7 Å². The van der Waals surface area contributed by atoms with E-state index in [1.165, 1.54) is 5.56 Å². The molecule has 0 radical (unpaired) electrons. The van der Waals surface area contributed by atoms with Gasteiger partial charge in [0.2, 0.25) is 5.91 Å². The van der Waals surface area contributed by atoms with Crippen LogP contribution in [0, 0.1) is 0 Å². The second-order valence-corrected chi connectivity index (χ2v) is 6.98. The van der Waals surface area contributed by atoms with Crippen LogP contribution in [0.15, 0.2) is 84.9 Å². The Bertz CT molecular complexity index is 897. The van der Waals surface area contributed by atoms with E-state index in [2.05, 4.69) is 29.7 Å². The van der Waals surface area contributed by atoms with Crippen molar-refractivity contribution in [3.63, 3.8) is 0 Å². The maximum absolute atomic E-state index is 13.2. The van der Waals surface area contributed by atoms with Crippen molar-refractivity contribution in [3.8, 4) is 5.75 Å². The summed E-state index contributed by atoms with van der Waals surface area (Å²) in [6.07, 6.45) is 0. The minimum atomic E-state index is -0.461. The van der Waals surface area contributed by atoms with E-state index >= 15 is 0 Å². The van der Waals surface area contributed by atoms with E-state index in [-0.39, 0.29) is 11.8 Å². The first-order valence-electron chi connectivity index (χ1n) is 10.0. The Morgan fingerprint density at radius 3 is 2.10 bits per heavy atom. The molecule has 3 rings (SSSR count). The Kier molecular flexibility index (Phi) is 7.42. The summed E-state index contributed by atoms with van der Waals surface area (Å²) in [4.78, 5) is 13.2. The second kappa shape index (κ2) is 10.4. The molecule has 0 spiro atoms. The highest BCUT2D eigenvalue weighted by Crippen LogP contribution is 2.26. The van der Waals surface area contributed by atoms with Crippen LogP contribution in [0.4, 0.5) is 5.69 Å². The van der Waals surface area contributed by atoms with Crippen LogP contribution in [0.5, 0.6) is 5.75 Å². The minimum absolute atomic E-state index is 0.108. The van der Waals surface area contributed by atoms with E-state index in [0.717, 1.165) is 5.56 Å². The fourth-order valence-electron chi connectivity index (χ4n) is 3.26. The molecule has 0 fully saturated rings. The number of benzene rings is 3. The van der Waals surface area contributed by atoms with Crippen LogP contribution in [0.25, 0.3) is 0 Å². The molecule has 0 aromatic heterocycles. The SMILES string of the molecule is CCOc1ccccc1NC(=O)[C@@H](NC[C@@H](C)c1ccccc1)c1ccccc1. The van der Waals surface area contributed by atoms with Crippen LogP contribution in [0.3, 0.4) is 0 Å². The van der Waals surface area contributed by atoms with Gasteiger partial charge in [-0.15, -0.1) is 0 Å². The molecular formula is C25H28N2O2. The molecule has 0 saturated heterocycles. The Balaban J connectivity index is 1.76. The number of hydrogen-bond donors (Lipinski definition) is 2. The van der Waals surface area contributed by atoms with Gasteiger partial charge in [0.15, 0.2) is 0 Å². The van der Waals surface area contributed by atoms with Crippen molar-refractivity contribution in [2.45, 2.75) is 25.8 Å². The molecule has 1 amide bonds. The maximum Gasteiger partial charge on any atom is 0.246 e. The fourth-order valence-corrected chi connectivity index (χ4v) is 3.26. The van der Waals surface area contributed by atoms with E-state index in [1.54, 1.807) is 0 Å². The quantitative estimate of drug-likeness (QED) is 0.532. The Hall–Kier alpha value is -3.11. The van der Waals surface area contributed by atoms with Crippen LogP contribution < -0.4 is 15.4 Å². The number of anilines is 1. The number of para-hydroxylation sites is 2. The summed E-state index contributed by atoms with van der Waals surface area (Å²) in [7, 11) is 0. The third-order valence-corrected chi connectivity index (χ3v) is 4.84. The summed E-state index contributed by atoms with van der Waals surface area (Å²) in [5.74, 6) is 0.849. The molecule has 29 heavy (non-hydrogen) atoms. The van der Waals surface area contributed by atoms with Crippen molar-refractivity contribution in [1.82, 2.24) is 5.32 Å². The molecule has 0 aliphatic carbocycles. The van der Waals surface area contributed by atoms with Gasteiger partial charge < -0.3 is 15.4 Å². The Morgan fingerprint density at radius 2 is 1.45 bits per heavy atom. The van der Waals surface area contributed by atoms with E-state index < -0.39 is 6.04 Å². The molecule has 2 N–H and O–H groups in total. The lowest BCUT2D eigenvalue weighted by molar-refractivity contribution is -0.118. The third-order valence-electron chi connectivity index (χ3n) is 4.84. The first-order chi connectivity index (χ1) is 14.2. The molecule has 4 heteroatoms. The fraction of sp³-hybridized carbons (Fsp3) is 0.240. The zero-order valence-corrected chi connectivity index (χ0v) is 17.0. The lowest BCUT2D eigenvalue weighted by Crippen LogP contribution is -2.35. The third kappa shape index (κ3) is 5.69. The highest BCUT2D eigenvalue weighted by atomic mass is 16.5. The highest BCUT2D eigenvalue weighted by molar-refractivity contribution is 5.96. The molecule has 0 aliphatic heterocycles. The molecule has 0 aliphatic rings. The molecule has 150 valence electrons. The van der Waals surface area contributed by atoms with Gasteiger partial charge in [0.1, 0.15) is 11.8 Å². The van der Waals surface area contributed by atoms with Gasteiger partial charge in [0.05, 0.1) is 12.3 Å². The summed E-state index contributed by atoms with van der Waals surface area (Å²) >= 11 is 0. The number of carbonyl (C=O) groups is 1. The van der Waals surface area contributed by atoms with Crippen LogP contribution in [-0.4, -0.2) is 19.1 Å². The van der Waals surface area contributed by atoms with Crippen molar-refractivity contribution in [2.24, 2.45) is 0 Å². The lowest BCUT2D eigenvalue weighted by atomic mass is 9.99. The number of hydrogen-bond acceptors (Lipinski definition) is 3. The number of nitrogens with one attached hydrogen (secondary N) is 2. The van der Waals surface area contributed by atoms with Crippen LogP contribution in [0.2, 0.25) is 0 Å². The van der Waals surface area contributed by atoms with Crippen LogP contribution in [0.1, 0.15) is 36.9 Å². The smallest absolute Gasteiger partial charge is 0.246 e. The molecule has 0 heterocycles. The molecule has 3 aromatic carbocycles. The maximum atomic E-state index is 13.2. The standard InChI is InChI=1S/C25H28N2O2/c1-3-29-23-17-11-10-16-22(23)27-25(28)24(21-14-8-5-9-15-21)26-18-19(2)20-12-6-4-7-13-20/h4-17,19,24,26H,3,18H2,1-2H3,(H,27,28)/t19-,24+/m1/s1. The number of rotatable bonds is 9. The van der Waals surface area contributed by atoms with Gasteiger partial charge in [0, 0.05) is 6.54 Å². The van der Waals surface area contributed by atoms with E-state index in [9.17, 15) is 4.79 Å². The highest BCUT2D eigenvalue weighted by Gasteiger charge is 2.22. The van der Waals surface area contributed by atoms with Crippen molar-refractivity contribution in [2.75, 3.05) is 18.5 Å². The van der Waals surface area contributed by atoms with Gasteiger partial charge in [-0.25, -0.2) is 0 Å². The number of amides is 1. The van der Waals surface area contributed by atoms with Crippen LogP contribution >= 0.6 is 0 Å². The first-order valence-corrected chi connectivity index (χ1v) is 10.0. The molecular weight excluding hydrogens is 360 g/mol. The van der Waals surface area contributed by atoms with Gasteiger partial charge in [-0.05, 0) is 36.1 Å². The molecule has 4 nitrogen and oxygen atoms in total. The molecule has 3 aromatic rings. The predicted molar refractivity (Wildman–Crippen MR) is 118 cm³/mol. The minimum Gasteiger partial charge on any atom is -0.492 e. The molecule has 0 bridgehead atoms. The van der Waals surface area contributed by atoms with Gasteiger partial charge in [-0.3, -0.25) is 4.79 Å². The predicted octanol–water partition coefficient (Wildman–Crippen LogP) is 5.16. The summed E-state index contributed by atoms with van der Waals surface area (Å²) in [6, 6.07) is 27.2. The number of carbonyl (C=O) groups excluding carboxylic acids is 1. The van der Waals surface area contributed by atoms with Crippen molar-refractivity contribution in [1.29, 1.82) is 0 Å². The summed E-state index contributed by atoms with van der Waals surface area (Å²) in [5.41, 5.74) is 2.85. The Morgan fingerprint density at radius 1 is 0.862 bits per heavy atom. The molecule has 2 atom stereocenters. The summed E-state index contributed by atoms with van der Waals surface area (Å²) in [6.45, 7) is 5.32. The van der Waals surface area contributed by atoms with Gasteiger partial charge in [-0.2, -0.15) is 0 Å². The summed E-state index contributed by atoms with van der Waals surface area (Å²) in [5, 5.41) is 6.48. The number of ether oxygens (including phenoxy) is 1. The van der Waals surface area contributed by atoms with Crippen molar-refractivity contribution in [3.05, 3.63) is 96.1 Å². The van der Waals surface area contributed by atoms with Crippen LogP contribution in [-0.2, 0) is 4.79 Å². The zero-order valence-electron chi connectivity index (χ0n) is 17.0. The lowest BCUT2D eigenvalue weighted by Gasteiger charge is -2.22. The van der Waals surface area contributed by atoms with Gasteiger partial charge >= 0.3 is 0 Å². The monoisotopic (exact) mass is 388 g/mol. The zero-order chi connectivity index (χ0) is 20.5. The Labute approximate surface area is 172 Å². The first kappa shape index (κ1) is 20.6. The summed E-state index contributed by atoms with van der Waals surface area (Å²) < 4.78 is 5.64. The largest absolute Gasteiger partial charge is 0.492 e.